The molecule has 0 heterocycles. The number of hydrogen-bond donors (Lipinski definition) is 1. The van der Waals surface area contributed by atoms with Gasteiger partial charge in [-0.25, -0.2) is 4.39 Å². The van der Waals surface area contributed by atoms with E-state index in [9.17, 15) is 4.39 Å². The minimum Gasteiger partial charge on any atom is -0.398 e. The molecule has 0 aliphatic carbocycles. The van der Waals surface area contributed by atoms with Gasteiger partial charge in [0.25, 0.3) is 0 Å². The molecule has 0 radical (unpaired) electrons. The molecule has 0 fully saturated rings. The van der Waals surface area contributed by atoms with Gasteiger partial charge in [-0.2, -0.15) is 0 Å². The smallest absolute Gasteiger partial charge is 0.125 e. The van der Waals surface area contributed by atoms with Crippen LogP contribution >= 0.6 is 0 Å². The first kappa shape index (κ1) is 12.0. The van der Waals surface area contributed by atoms with Crippen LogP contribution in [0.1, 0.15) is 32.3 Å². The molecule has 0 saturated carbocycles. The maximum absolute atomic E-state index is 12.7. The van der Waals surface area contributed by atoms with Gasteiger partial charge in [0.2, 0.25) is 0 Å². The van der Waals surface area contributed by atoms with Gasteiger partial charge in [0.15, 0.2) is 0 Å². The van der Waals surface area contributed by atoms with Gasteiger partial charge < -0.3 is 10.5 Å². The second-order valence-electron chi connectivity index (χ2n) is 3.75. The quantitative estimate of drug-likeness (QED) is 0.759. The highest BCUT2D eigenvalue weighted by molar-refractivity contribution is 5.46. The third-order valence-electron chi connectivity index (χ3n) is 2.33. The minimum absolute atomic E-state index is 0.222. The van der Waals surface area contributed by atoms with Gasteiger partial charge in [0.05, 0.1) is 12.7 Å². The summed E-state index contributed by atoms with van der Waals surface area (Å²) in [5.41, 5.74) is 6.97. The van der Waals surface area contributed by atoms with Crippen molar-refractivity contribution in [2.24, 2.45) is 0 Å². The summed E-state index contributed by atoms with van der Waals surface area (Å²) in [6.45, 7) is 4.60. The van der Waals surface area contributed by atoms with E-state index in [0.717, 1.165) is 18.4 Å². The van der Waals surface area contributed by atoms with Crippen molar-refractivity contribution >= 4 is 5.69 Å². The Labute approximate surface area is 90.2 Å². The molecule has 1 atom stereocenters. The summed E-state index contributed by atoms with van der Waals surface area (Å²) in [5.74, 6) is -0.308. The van der Waals surface area contributed by atoms with Crippen LogP contribution < -0.4 is 5.73 Å². The maximum Gasteiger partial charge on any atom is 0.125 e. The number of ether oxygens (including phenoxy) is 1. The summed E-state index contributed by atoms with van der Waals surface area (Å²) in [6, 6.07) is 4.39. The van der Waals surface area contributed by atoms with E-state index in [4.69, 9.17) is 10.5 Å². The lowest BCUT2D eigenvalue weighted by molar-refractivity contribution is 0.0475. The lowest BCUT2D eigenvalue weighted by atomic mass is 10.2. The van der Waals surface area contributed by atoms with E-state index in [2.05, 4.69) is 6.92 Å². The Kier molecular flexibility index (Phi) is 4.56. The Bertz CT molecular complexity index is 314. The molecule has 84 valence electrons. The molecule has 0 aromatic heterocycles. The first-order valence-corrected chi connectivity index (χ1v) is 5.29. The zero-order valence-corrected chi connectivity index (χ0v) is 9.29. The largest absolute Gasteiger partial charge is 0.398 e. The first-order chi connectivity index (χ1) is 7.13. The summed E-state index contributed by atoms with van der Waals surface area (Å²) in [7, 11) is 0. The van der Waals surface area contributed by atoms with Crippen LogP contribution in [0.25, 0.3) is 0 Å². The summed E-state index contributed by atoms with van der Waals surface area (Å²) < 4.78 is 18.3. The Morgan fingerprint density at radius 3 is 2.80 bits per heavy atom. The van der Waals surface area contributed by atoms with Gasteiger partial charge in [-0.3, -0.25) is 0 Å². The second-order valence-corrected chi connectivity index (χ2v) is 3.75. The lowest BCUT2D eigenvalue weighted by Gasteiger charge is -2.13. The number of hydrogen-bond acceptors (Lipinski definition) is 2. The molecular formula is C12H18FNO. The topological polar surface area (TPSA) is 35.2 Å². The first-order valence-electron chi connectivity index (χ1n) is 5.29. The molecule has 15 heavy (non-hydrogen) atoms. The normalized spacial score (nSPS) is 12.7. The van der Waals surface area contributed by atoms with Crippen LogP contribution in [0.3, 0.4) is 0 Å². The molecule has 0 aliphatic rings. The SMILES string of the molecule is CCCC(C)OCc1ccc(F)cc1N. The summed E-state index contributed by atoms with van der Waals surface area (Å²) >= 11 is 0. The van der Waals surface area contributed by atoms with E-state index in [1.807, 2.05) is 6.92 Å². The molecule has 1 aromatic carbocycles. The Hall–Kier alpha value is -1.09. The molecule has 0 saturated heterocycles. The van der Waals surface area contributed by atoms with Crippen LogP contribution in [0, 0.1) is 5.82 Å². The zero-order valence-electron chi connectivity index (χ0n) is 9.29. The van der Waals surface area contributed by atoms with Gasteiger partial charge >= 0.3 is 0 Å². The number of benzene rings is 1. The monoisotopic (exact) mass is 211 g/mol. The van der Waals surface area contributed by atoms with Crippen molar-refractivity contribution in [1.82, 2.24) is 0 Å². The number of nitrogen functional groups attached to an aromatic ring is 1. The maximum atomic E-state index is 12.7. The fourth-order valence-electron chi connectivity index (χ4n) is 1.42. The second kappa shape index (κ2) is 5.71. The molecule has 0 bridgehead atoms. The van der Waals surface area contributed by atoms with E-state index in [1.165, 1.54) is 12.1 Å². The summed E-state index contributed by atoms with van der Waals surface area (Å²) in [5, 5.41) is 0. The van der Waals surface area contributed by atoms with Crippen molar-refractivity contribution in [2.75, 3.05) is 5.73 Å². The molecule has 0 spiro atoms. The fourth-order valence-corrected chi connectivity index (χ4v) is 1.42. The van der Waals surface area contributed by atoms with Crippen LogP contribution in [-0.2, 0) is 11.3 Å². The number of halogens is 1. The highest BCUT2D eigenvalue weighted by Crippen LogP contribution is 2.15. The number of rotatable bonds is 5. The summed E-state index contributed by atoms with van der Waals surface area (Å²) in [6.07, 6.45) is 2.35. The molecule has 1 aromatic rings. The van der Waals surface area contributed by atoms with Crippen LogP contribution in [0.5, 0.6) is 0 Å². The third-order valence-corrected chi connectivity index (χ3v) is 2.33. The van der Waals surface area contributed by atoms with Crippen molar-refractivity contribution in [2.45, 2.75) is 39.4 Å². The van der Waals surface area contributed by atoms with Crippen molar-refractivity contribution in [1.29, 1.82) is 0 Å². The molecule has 3 heteroatoms. The van der Waals surface area contributed by atoms with Crippen LogP contribution in [0.15, 0.2) is 18.2 Å². The molecule has 1 unspecified atom stereocenters. The van der Waals surface area contributed by atoms with E-state index < -0.39 is 0 Å². The highest BCUT2D eigenvalue weighted by atomic mass is 19.1. The van der Waals surface area contributed by atoms with Gasteiger partial charge in [-0.05, 0) is 25.5 Å². The number of anilines is 1. The van der Waals surface area contributed by atoms with Crippen LogP contribution in [-0.4, -0.2) is 6.10 Å². The average molecular weight is 211 g/mol. The average Bonchev–Trinajstić information content (AvgIpc) is 2.17. The Morgan fingerprint density at radius 2 is 2.20 bits per heavy atom. The number of nitrogens with two attached hydrogens (primary N) is 1. The minimum atomic E-state index is -0.308. The van der Waals surface area contributed by atoms with Crippen LogP contribution in [0.2, 0.25) is 0 Å². The standard InChI is InChI=1S/C12H18FNO/c1-3-4-9(2)15-8-10-5-6-11(13)7-12(10)14/h5-7,9H,3-4,8,14H2,1-2H3. The van der Waals surface area contributed by atoms with E-state index in [1.54, 1.807) is 6.07 Å². The molecular weight excluding hydrogens is 193 g/mol. The predicted molar refractivity (Wildman–Crippen MR) is 60.0 cm³/mol. The van der Waals surface area contributed by atoms with Crippen molar-refractivity contribution < 1.29 is 9.13 Å². The van der Waals surface area contributed by atoms with E-state index in [-0.39, 0.29) is 11.9 Å². The molecule has 0 amide bonds. The summed E-state index contributed by atoms with van der Waals surface area (Å²) in [4.78, 5) is 0. The molecule has 0 aliphatic heterocycles. The lowest BCUT2D eigenvalue weighted by Crippen LogP contribution is -2.08. The van der Waals surface area contributed by atoms with Crippen molar-refractivity contribution in [3.63, 3.8) is 0 Å². The zero-order chi connectivity index (χ0) is 11.3. The molecule has 2 nitrogen and oxygen atoms in total. The van der Waals surface area contributed by atoms with Gasteiger partial charge in [0, 0.05) is 11.3 Å². The van der Waals surface area contributed by atoms with Crippen LogP contribution in [0.4, 0.5) is 10.1 Å². The Balaban J connectivity index is 2.50. The van der Waals surface area contributed by atoms with E-state index >= 15 is 0 Å². The van der Waals surface area contributed by atoms with Gasteiger partial charge in [-0.15, -0.1) is 0 Å². The third kappa shape index (κ3) is 3.88. The highest BCUT2D eigenvalue weighted by Gasteiger charge is 2.04. The van der Waals surface area contributed by atoms with E-state index in [0.29, 0.717) is 12.3 Å². The predicted octanol–water partition coefficient (Wildman–Crippen LogP) is 3.11. The van der Waals surface area contributed by atoms with Gasteiger partial charge in [0.1, 0.15) is 5.82 Å². The molecule has 2 N–H and O–H groups in total. The molecule has 1 rings (SSSR count). The van der Waals surface area contributed by atoms with Crippen molar-refractivity contribution in [3.05, 3.63) is 29.6 Å². The van der Waals surface area contributed by atoms with Gasteiger partial charge in [-0.1, -0.05) is 19.4 Å². The van der Waals surface area contributed by atoms with Crippen molar-refractivity contribution in [3.8, 4) is 0 Å². The Morgan fingerprint density at radius 1 is 1.47 bits per heavy atom. The fraction of sp³-hybridized carbons (Fsp3) is 0.500.